The van der Waals surface area contributed by atoms with E-state index >= 15 is 0 Å². The van der Waals surface area contributed by atoms with Crippen LogP contribution in [0.15, 0.2) is 103 Å². The highest BCUT2D eigenvalue weighted by Gasteiger charge is 2.34. The maximum atomic E-state index is 13.9. The lowest BCUT2D eigenvalue weighted by molar-refractivity contribution is 0.0369. The van der Waals surface area contributed by atoms with Crippen molar-refractivity contribution >= 4 is 27.5 Å². The Morgan fingerprint density at radius 3 is 1.88 bits per heavy atom. The molecule has 0 fully saturated rings. The number of cyclic esters (lactones) is 1. The fraction of sp³-hybridized carbons (Fsp3) is 0.0833. The van der Waals surface area contributed by atoms with Gasteiger partial charge in [-0.3, -0.25) is 0 Å². The van der Waals surface area contributed by atoms with E-state index in [9.17, 15) is 15.0 Å². The van der Waals surface area contributed by atoms with Gasteiger partial charge in [0, 0.05) is 16.3 Å². The van der Waals surface area contributed by atoms with Gasteiger partial charge >= 0.3 is 5.97 Å². The zero-order valence-corrected chi connectivity index (χ0v) is 22.9. The molecule has 0 unspecified atom stereocenters. The Balaban J connectivity index is 1.65. The maximum Gasteiger partial charge on any atom is 0.340 e. The topological polar surface area (TPSA) is 85.2 Å². The van der Waals surface area contributed by atoms with Crippen LogP contribution in [0.4, 0.5) is 0 Å². The normalized spacial score (nSPS) is 14.1. The Bertz CT molecular complexity index is 1990. The summed E-state index contributed by atoms with van der Waals surface area (Å²) in [5.41, 5.74) is 5.81. The molecule has 1 atom stereocenters. The van der Waals surface area contributed by atoms with E-state index in [1.807, 2.05) is 60.7 Å². The Hall–Kier alpha value is -5.49. The summed E-state index contributed by atoms with van der Waals surface area (Å²) in [6.07, 6.45) is -0.697. The number of carbonyl (C=O) groups excluding carboxylic acids is 1. The second-order valence-corrected chi connectivity index (χ2v) is 10.3. The highest BCUT2D eigenvalue weighted by molar-refractivity contribution is 6.25. The van der Waals surface area contributed by atoms with E-state index < -0.39 is 12.1 Å². The number of fused-ring (bicyclic) bond motifs is 2. The van der Waals surface area contributed by atoms with Crippen LogP contribution >= 0.6 is 0 Å². The van der Waals surface area contributed by atoms with Crippen LogP contribution in [0, 0.1) is 0 Å². The van der Waals surface area contributed by atoms with Crippen LogP contribution in [0.2, 0.25) is 0 Å². The van der Waals surface area contributed by atoms with Crippen LogP contribution in [-0.4, -0.2) is 30.4 Å². The van der Waals surface area contributed by atoms with Crippen molar-refractivity contribution in [1.29, 1.82) is 0 Å². The number of aromatic hydroxyl groups is 2. The first-order chi connectivity index (χ1) is 20.4. The van der Waals surface area contributed by atoms with E-state index in [-0.39, 0.29) is 11.5 Å². The van der Waals surface area contributed by atoms with E-state index in [1.165, 1.54) is 0 Å². The predicted octanol–water partition coefficient (Wildman–Crippen LogP) is 8.02. The molecule has 1 aliphatic heterocycles. The van der Waals surface area contributed by atoms with E-state index in [0.717, 1.165) is 60.7 Å². The van der Waals surface area contributed by atoms with Crippen molar-refractivity contribution < 1.29 is 29.2 Å². The summed E-state index contributed by atoms with van der Waals surface area (Å²) >= 11 is 0. The molecule has 0 radical (unpaired) electrons. The first-order valence-electron chi connectivity index (χ1n) is 13.5. The number of hydrogen-bond donors (Lipinski definition) is 2. The quantitative estimate of drug-likeness (QED) is 0.166. The standard InChI is InChI=1S/C36H26O6/c1-40-26-13-7-21(8-14-26)32-28-16-15-27(41-2)19-29(28)34-33-30(32)17-23(20-3-9-24(37)10-4-20)18-31(33)35(42-36(34)39)22-5-11-25(38)12-6-22/h3-19,35,37-38H,1-2H3/t35-/m1/s1. The molecule has 1 heterocycles. The van der Waals surface area contributed by atoms with Crippen molar-refractivity contribution in [2.24, 2.45) is 0 Å². The molecule has 6 aromatic carbocycles. The van der Waals surface area contributed by atoms with Crippen molar-refractivity contribution in [3.8, 4) is 45.3 Å². The summed E-state index contributed by atoms with van der Waals surface area (Å²) in [6, 6.07) is 31.6. The predicted molar refractivity (Wildman–Crippen MR) is 162 cm³/mol. The number of benzene rings is 6. The van der Waals surface area contributed by atoms with E-state index in [4.69, 9.17) is 14.2 Å². The van der Waals surface area contributed by atoms with Gasteiger partial charge in [0.15, 0.2) is 6.10 Å². The van der Waals surface area contributed by atoms with E-state index in [1.54, 1.807) is 50.6 Å². The van der Waals surface area contributed by atoms with Gasteiger partial charge in [-0.25, -0.2) is 4.79 Å². The van der Waals surface area contributed by atoms with Crippen LogP contribution in [0.25, 0.3) is 43.8 Å². The average molecular weight is 555 g/mol. The molecule has 0 bridgehead atoms. The Morgan fingerprint density at radius 1 is 0.595 bits per heavy atom. The molecule has 6 heteroatoms. The molecular weight excluding hydrogens is 528 g/mol. The third-order valence-corrected chi connectivity index (χ3v) is 7.94. The molecule has 0 spiro atoms. The van der Waals surface area contributed by atoms with Gasteiger partial charge in [0.05, 0.1) is 19.8 Å². The summed E-state index contributed by atoms with van der Waals surface area (Å²) in [5.74, 6) is 1.26. The van der Waals surface area contributed by atoms with Gasteiger partial charge in [-0.15, -0.1) is 0 Å². The molecule has 0 aromatic heterocycles. The lowest BCUT2D eigenvalue weighted by atomic mass is 9.81. The molecule has 1 aliphatic rings. The van der Waals surface area contributed by atoms with Gasteiger partial charge in [0.1, 0.15) is 23.0 Å². The highest BCUT2D eigenvalue weighted by atomic mass is 16.5. The minimum absolute atomic E-state index is 0.129. The molecular formula is C36H26O6. The average Bonchev–Trinajstić information content (AvgIpc) is 3.02. The highest BCUT2D eigenvalue weighted by Crippen LogP contribution is 2.49. The van der Waals surface area contributed by atoms with Crippen molar-refractivity contribution in [3.05, 3.63) is 120 Å². The number of phenolic OH excluding ortho intramolecular Hbond substituents is 2. The fourth-order valence-corrected chi connectivity index (χ4v) is 5.93. The third kappa shape index (κ3) is 4.08. The Labute approximate surface area is 242 Å². The minimum Gasteiger partial charge on any atom is -0.508 e. The summed E-state index contributed by atoms with van der Waals surface area (Å²) in [6.45, 7) is 0. The van der Waals surface area contributed by atoms with E-state index in [2.05, 4.69) is 6.07 Å². The second-order valence-electron chi connectivity index (χ2n) is 10.3. The van der Waals surface area contributed by atoms with Crippen molar-refractivity contribution in [2.75, 3.05) is 14.2 Å². The summed E-state index contributed by atoms with van der Waals surface area (Å²) in [4.78, 5) is 13.9. The van der Waals surface area contributed by atoms with E-state index in [0.29, 0.717) is 11.3 Å². The lowest BCUT2D eigenvalue weighted by Crippen LogP contribution is -2.20. The zero-order valence-electron chi connectivity index (χ0n) is 22.9. The van der Waals surface area contributed by atoms with Crippen LogP contribution in [0.1, 0.15) is 27.6 Å². The number of rotatable bonds is 5. The van der Waals surface area contributed by atoms with Crippen molar-refractivity contribution in [2.45, 2.75) is 6.10 Å². The number of ether oxygens (including phenoxy) is 3. The van der Waals surface area contributed by atoms with Gasteiger partial charge in [-0.2, -0.15) is 0 Å². The summed E-state index contributed by atoms with van der Waals surface area (Å²) in [7, 11) is 3.24. The molecule has 206 valence electrons. The van der Waals surface area contributed by atoms with Gasteiger partial charge in [-0.1, -0.05) is 42.5 Å². The van der Waals surface area contributed by atoms with Crippen LogP contribution in [0.3, 0.4) is 0 Å². The van der Waals surface area contributed by atoms with Crippen LogP contribution < -0.4 is 9.47 Å². The molecule has 42 heavy (non-hydrogen) atoms. The number of methoxy groups -OCH3 is 2. The molecule has 7 rings (SSSR count). The molecule has 0 saturated heterocycles. The largest absolute Gasteiger partial charge is 0.508 e. The molecule has 6 nitrogen and oxygen atoms in total. The summed E-state index contributed by atoms with van der Waals surface area (Å²) in [5, 5.41) is 23.2. The zero-order chi connectivity index (χ0) is 29.0. The van der Waals surface area contributed by atoms with Gasteiger partial charge in [-0.05, 0) is 99.3 Å². The Morgan fingerprint density at radius 2 is 1.21 bits per heavy atom. The fourth-order valence-electron chi connectivity index (χ4n) is 5.93. The monoisotopic (exact) mass is 554 g/mol. The van der Waals surface area contributed by atoms with Crippen molar-refractivity contribution in [1.82, 2.24) is 0 Å². The van der Waals surface area contributed by atoms with Gasteiger partial charge < -0.3 is 24.4 Å². The molecule has 0 amide bonds. The maximum absolute atomic E-state index is 13.9. The van der Waals surface area contributed by atoms with Crippen LogP contribution in [-0.2, 0) is 4.74 Å². The minimum atomic E-state index is -0.697. The van der Waals surface area contributed by atoms with Crippen molar-refractivity contribution in [3.63, 3.8) is 0 Å². The second kappa shape index (κ2) is 9.85. The summed E-state index contributed by atoms with van der Waals surface area (Å²) < 4.78 is 17.2. The Kier molecular flexibility index (Phi) is 5.98. The smallest absolute Gasteiger partial charge is 0.340 e. The molecule has 0 saturated carbocycles. The SMILES string of the molecule is COc1ccc(-c2c3ccc(OC)cc3c3c4c(cc(-c5ccc(O)cc5)cc24)[C@@H](c2ccc(O)cc2)OC3=O)cc1. The van der Waals surface area contributed by atoms with Gasteiger partial charge in [0.25, 0.3) is 0 Å². The number of carbonyl (C=O) groups is 1. The number of hydrogen-bond acceptors (Lipinski definition) is 6. The molecule has 0 aliphatic carbocycles. The van der Waals surface area contributed by atoms with Gasteiger partial charge in [0.2, 0.25) is 0 Å². The number of phenols is 2. The molecule has 2 N–H and O–H groups in total. The first-order valence-corrected chi connectivity index (χ1v) is 13.5. The first kappa shape index (κ1) is 25.5. The molecule has 6 aromatic rings. The third-order valence-electron chi connectivity index (χ3n) is 7.94. The van der Waals surface area contributed by atoms with Crippen LogP contribution in [0.5, 0.6) is 23.0 Å². The lowest BCUT2D eigenvalue weighted by Gasteiger charge is -2.29. The number of esters is 1.